The van der Waals surface area contributed by atoms with E-state index in [0.29, 0.717) is 13.2 Å². The summed E-state index contributed by atoms with van der Waals surface area (Å²) in [5.41, 5.74) is 0. The number of hydrogen-bond donors (Lipinski definition) is 0. The van der Waals surface area contributed by atoms with Gasteiger partial charge in [-0.15, -0.1) is 0 Å². The predicted octanol–water partition coefficient (Wildman–Crippen LogP) is 5.68. The minimum Gasteiger partial charge on any atom is -0.298 e. The van der Waals surface area contributed by atoms with E-state index in [0.717, 1.165) is 77.0 Å². The molecular weight excluding hydrogens is 451 g/mol. The molecule has 0 bridgehead atoms. The van der Waals surface area contributed by atoms with E-state index in [9.17, 15) is 9.59 Å². The van der Waals surface area contributed by atoms with Gasteiger partial charge in [-0.3, -0.25) is 9.78 Å². The second kappa shape index (κ2) is 19.7. The van der Waals surface area contributed by atoms with E-state index in [2.05, 4.69) is 13.8 Å². The molecule has 0 amide bonds. The second-order valence-corrected chi connectivity index (χ2v) is 7.83. The Hall–Kier alpha value is -0.257. The van der Waals surface area contributed by atoms with Crippen molar-refractivity contribution in [3.8, 4) is 0 Å². The monoisotopic (exact) mass is 490 g/mol. The molecule has 0 N–H and O–H groups in total. The largest absolute Gasteiger partial charge is 0.345 e. The van der Waals surface area contributed by atoms with E-state index < -0.39 is 0 Å². The molecule has 2 rings (SSSR count). The van der Waals surface area contributed by atoms with E-state index in [1.165, 1.54) is 12.8 Å². The van der Waals surface area contributed by atoms with Crippen LogP contribution >= 0.6 is 0 Å². The van der Waals surface area contributed by atoms with E-state index in [-0.39, 0.29) is 50.0 Å². The van der Waals surface area contributed by atoms with Crippen molar-refractivity contribution in [3.63, 3.8) is 0 Å². The Kier molecular flexibility index (Phi) is 19.5. The van der Waals surface area contributed by atoms with Crippen molar-refractivity contribution in [1.82, 2.24) is 0 Å². The Morgan fingerprint density at radius 3 is 1.31 bits per heavy atom. The van der Waals surface area contributed by atoms with Gasteiger partial charge in [-0.2, -0.15) is 9.78 Å². The summed E-state index contributed by atoms with van der Waals surface area (Å²) in [5.74, 6) is -0.155. The van der Waals surface area contributed by atoms with Crippen LogP contribution in [-0.4, -0.2) is 25.2 Å². The molecular formula is C22H40O6Zr. The van der Waals surface area contributed by atoms with Crippen LogP contribution in [0.2, 0.25) is 0 Å². The van der Waals surface area contributed by atoms with Crippen LogP contribution in [0, 0.1) is 11.8 Å². The van der Waals surface area contributed by atoms with Gasteiger partial charge in [0.2, 0.25) is 0 Å². The second-order valence-electron chi connectivity index (χ2n) is 7.83. The third kappa shape index (κ3) is 14.4. The van der Waals surface area contributed by atoms with Crippen molar-refractivity contribution >= 4 is 11.9 Å². The quantitative estimate of drug-likeness (QED) is 0.222. The molecule has 7 heteroatoms. The van der Waals surface area contributed by atoms with Crippen LogP contribution < -0.4 is 0 Å². The van der Waals surface area contributed by atoms with Gasteiger partial charge in [-0.25, -0.2) is 9.59 Å². The van der Waals surface area contributed by atoms with Gasteiger partial charge in [-0.05, 0) is 38.5 Å². The summed E-state index contributed by atoms with van der Waals surface area (Å²) in [6, 6.07) is 0. The van der Waals surface area contributed by atoms with Crippen LogP contribution in [0.5, 0.6) is 0 Å². The summed E-state index contributed by atoms with van der Waals surface area (Å²) in [7, 11) is 0. The first-order valence-corrected chi connectivity index (χ1v) is 11.4. The molecule has 2 saturated carbocycles. The molecule has 6 nitrogen and oxygen atoms in total. The Balaban J connectivity index is 0.000000523. The third-order valence-corrected chi connectivity index (χ3v) is 5.32. The molecule has 0 aromatic rings. The Bertz CT molecular complexity index is 368. The zero-order valence-corrected chi connectivity index (χ0v) is 20.9. The first-order valence-electron chi connectivity index (χ1n) is 11.4. The molecule has 0 aliphatic heterocycles. The van der Waals surface area contributed by atoms with Gasteiger partial charge in [0.05, 0.1) is 25.0 Å². The Labute approximate surface area is 195 Å². The van der Waals surface area contributed by atoms with Crippen molar-refractivity contribution in [2.24, 2.45) is 11.8 Å². The van der Waals surface area contributed by atoms with Crippen LogP contribution in [0.25, 0.3) is 0 Å². The van der Waals surface area contributed by atoms with Gasteiger partial charge in [0, 0.05) is 26.2 Å². The van der Waals surface area contributed by atoms with Crippen LogP contribution in [0.4, 0.5) is 0 Å². The fraction of sp³-hybridized carbons (Fsp3) is 0.909. The van der Waals surface area contributed by atoms with Crippen LogP contribution in [0.15, 0.2) is 0 Å². The molecule has 0 unspecified atom stereocenters. The summed E-state index contributed by atoms with van der Waals surface area (Å²) in [6.07, 6.45) is 15.0. The maximum atomic E-state index is 11.4. The van der Waals surface area contributed by atoms with Gasteiger partial charge < -0.3 is 0 Å². The molecule has 168 valence electrons. The smallest absolute Gasteiger partial charge is 0.298 e. The first-order chi connectivity index (χ1) is 13.7. The van der Waals surface area contributed by atoms with Crippen LogP contribution in [-0.2, 0) is 55.3 Å². The maximum Gasteiger partial charge on any atom is 0.345 e. The van der Waals surface area contributed by atoms with Gasteiger partial charge in [0.1, 0.15) is 0 Å². The Morgan fingerprint density at radius 2 is 1.00 bits per heavy atom. The molecule has 0 saturated heterocycles. The number of unbranched alkanes of at least 4 members (excludes halogenated alkanes) is 2. The predicted molar refractivity (Wildman–Crippen MR) is 107 cm³/mol. The van der Waals surface area contributed by atoms with E-state index in [1.807, 2.05) is 0 Å². The Morgan fingerprint density at radius 1 is 0.655 bits per heavy atom. The van der Waals surface area contributed by atoms with E-state index in [4.69, 9.17) is 19.6 Å². The molecule has 2 fully saturated rings. The van der Waals surface area contributed by atoms with E-state index >= 15 is 0 Å². The van der Waals surface area contributed by atoms with Crippen LogP contribution in [0.3, 0.4) is 0 Å². The number of hydrogen-bond acceptors (Lipinski definition) is 6. The summed E-state index contributed by atoms with van der Waals surface area (Å²) >= 11 is 0. The average Bonchev–Trinajstić information content (AvgIpc) is 2.76. The summed E-state index contributed by atoms with van der Waals surface area (Å²) in [5, 5.41) is 0. The summed E-state index contributed by atoms with van der Waals surface area (Å²) in [4.78, 5) is 42.0. The summed E-state index contributed by atoms with van der Waals surface area (Å²) < 4.78 is 0. The third-order valence-electron chi connectivity index (χ3n) is 5.32. The molecule has 0 radical (unpaired) electrons. The fourth-order valence-corrected chi connectivity index (χ4v) is 3.42. The number of carbonyl (C=O) groups excluding carboxylic acids is 2. The van der Waals surface area contributed by atoms with Crippen LogP contribution in [0.1, 0.15) is 104 Å². The van der Waals surface area contributed by atoms with Crippen molar-refractivity contribution < 1.29 is 55.3 Å². The molecule has 0 aromatic carbocycles. The molecule has 2 aliphatic rings. The van der Waals surface area contributed by atoms with Gasteiger partial charge in [0.25, 0.3) is 0 Å². The standard InChI is InChI=1S/2C11H20O3.Zr/c2*1-2-3-9-13-14-11(12)10-7-5-4-6-8-10;/h2*10H,2-9H2,1H3;. The molecule has 0 spiro atoms. The normalized spacial score (nSPS) is 17.4. The van der Waals surface area contributed by atoms with E-state index in [1.54, 1.807) is 0 Å². The first kappa shape index (κ1) is 28.7. The maximum absolute atomic E-state index is 11.4. The molecule has 2 aliphatic carbocycles. The minimum atomic E-state index is -0.166. The topological polar surface area (TPSA) is 71.1 Å². The van der Waals surface area contributed by atoms with Gasteiger partial charge in [0.15, 0.2) is 0 Å². The molecule has 0 heterocycles. The number of carbonyl (C=O) groups is 2. The van der Waals surface area contributed by atoms with Crippen molar-refractivity contribution in [2.75, 3.05) is 13.2 Å². The minimum absolute atomic E-state index is 0. The molecule has 0 aromatic heterocycles. The average molecular weight is 492 g/mol. The fourth-order valence-electron chi connectivity index (χ4n) is 3.42. The molecule has 29 heavy (non-hydrogen) atoms. The SMILES string of the molecule is CCCCOOC(=O)C1CCCCC1.CCCCOOC(=O)C1CCCCC1.[Zr]. The zero-order valence-electron chi connectivity index (χ0n) is 18.4. The van der Waals surface area contributed by atoms with Crippen molar-refractivity contribution in [2.45, 2.75) is 104 Å². The molecule has 0 atom stereocenters. The number of rotatable bonds is 10. The van der Waals surface area contributed by atoms with Gasteiger partial charge >= 0.3 is 11.9 Å². The summed E-state index contributed by atoms with van der Waals surface area (Å²) in [6.45, 7) is 5.20. The van der Waals surface area contributed by atoms with Crippen molar-refractivity contribution in [1.29, 1.82) is 0 Å². The zero-order chi connectivity index (χ0) is 20.5. The van der Waals surface area contributed by atoms with Gasteiger partial charge in [-0.1, -0.05) is 65.2 Å². The van der Waals surface area contributed by atoms with Crippen molar-refractivity contribution in [3.05, 3.63) is 0 Å².